The number of ether oxygens (including phenoxy) is 1. The number of primary amides is 1. The molecule has 0 aliphatic heterocycles. The van der Waals surface area contributed by atoms with Crippen LogP contribution < -0.4 is 15.2 Å². The Morgan fingerprint density at radius 1 is 1.27 bits per heavy atom. The summed E-state index contributed by atoms with van der Waals surface area (Å²) in [6.07, 6.45) is 0.668. The van der Waals surface area contributed by atoms with Gasteiger partial charge < -0.3 is 15.0 Å². The van der Waals surface area contributed by atoms with Gasteiger partial charge in [-0.2, -0.15) is 0 Å². The Bertz CT molecular complexity index is 1090. The van der Waals surface area contributed by atoms with Gasteiger partial charge in [0.05, 0.1) is 12.5 Å². The van der Waals surface area contributed by atoms with Crippen molar-refractivity contribution in [1.29, 1.82) is 0 Å². The Morgan fingerprint density at radius 3 is 2.69 bits per heavy atom. The second kappa shape index (κ2) is 6.68. The van der Waals surface area contributed by atoms with Crippen LogP contribution in [-0.2, 0) is 16.4 Å². The summed E-state index contributed by atoms with van der Waals surface area (Å²) in [4.78, 5) is 11.3. The number of fused-ring (bicyclic) bond motifs is 1. The standard InChI is InChI=1S/C17H17N3O5S/c1-3-10-4-6-14(24-2)15(8-10)26(22,23)20-17-12-9-11(16(18)21)5-7-13(12)25-19-17/h4-9H,3H2,1-2H3,(H2,18,21)(H,19,20). The van der Waals surface area contributed by atoms with E-state index in [2.05, 4.69) is 9.88 Å². The van der Waals surface area contributed by atoms with Crippen molar-refractivity contribution in [3.05, 3.63) is 47.5 Å². The van der Waals surface area contributed by atoms with Crippen molar-refractivity contribution in [2.24, 2.45) is 5.73 Å². The molecule has 26 heavy (non-hydrogen) atoms. The Kier molecular flexibility index (Phi) is 4.56. The molecule has 0 aliphatic carbocycles. The number of aromatic nitrogens is 1. The molecule has 8 nitrogen and oxygen atoms in total. The smallest absolute Gasteiger partial charge is 0.266 e. The minimum atomic E-state index is -4.00. The average Bonchev–Trinajstić information content (AvgIpc) is 3.02. The van der Waals surface area contributed by atoms with Crippen molar-refractivity contribution in [2.45, 2.75) is 18.2 Å². The summed E-state index contributed by atoms with van der Waals surface area (Å²) in [5.74, 6) is -0.466. The van der Waals surface area contributed by atoms with E-state index in [1.54, 1.807) is 12.1 Å². The molecule has 0 saturated carbocycles. The molecular formula is C17H17N3O5S. The van der Waals surface area contributed by atoms with E-state index >= 15 is 0 Å². The maximum atomic E-state index is 12.8. The monoisotopic (exact) mass is 375 g/mol. The van der Waals surface area contributed by atoms with E-state index in [-0.39, 0.29) is 22.0 Å². The Morgan fingerprint density at radius 2 is 2.04 bits per heavy atom. The molecule has 0 unspecified atom stereocenters. The number of carbonyl (C=O) groups excluding carboxylic acids is 1. The summed E-state index contributed by atoms with van der Waals surface area (Å²) in [7, 11) is -2.60. The fraction of sp³-hybridized carbons (Fsp3) is 0.176. The van der Waals surface area contributed by atoms with Crippen molar-refractivity contribution in [2.75, 3.05) is 11.8 Å². The van der Waals surface area contributed by atoms with E-state index in [0.29, 0.717) is 17.4 Å². The van der Waals surface area contributed by atoms with Gasteiger partial charge in [-0.1, -0.05) is 18.1 Å². The van der Waals surface area contributed by atoms with Crippen LogP contribution in [0.4, 0.5) is 5.82 Å². The number of aryl methyl sites for hydroxylation is 1. The summed E-state index contributed by atoms with van der Waals surface area (Å²) < 4.78 is 38.3. The third-order valence-corrected chi connectivity index (χ3v) is 5.27. The zero-order valence-corrected chi connectivity index (χ0v) is 15.0. The highest BCUT2D eigenvalue weighted by molar-refractivity contribution is 7.92. The number of hydrogen-bond donors (Lipinski definition) is 2. The predicted octanol–water partition coefficient (Wildman–Crippen LogP) is 2.30. The fourth-order valence-corrected chi connectivity index (χ4v) is 3.73. The van der Waals surface area contributed by atoms with E-state index in [1.165, 1.54) is 31.4 Å². The van der Waals surface area contributed by atoms with Gasteiger partial charge in [0.1, 0.15) is 10.6 Å². The maximum absolute atomic E-state index is 12.8. The van der Waals surface area contributed by atoms with Crippen LogP contribution in [0.3, 0.4) is 0 Å². The summed E-state index contributed by atoms with van der Waals surface area (Å²) in [6.45, 7) is 1.92. The Balaban J connectivity index is 2.07. The number of methoxy groups -OCH3 is 1. The summed E-state index contributed by atoms with van der Waals surface area (Å²) in [5.41, 5.74) is 6.64. The number of benzene rings is 2. The fourth-order valence-electron chi connectivity index (χ4n) is 2.50. The lowest BCUT2D eigenvalue weighted by Crippen LogP contribution is -2.15. The summed E-state index contributed by atoms with van der Waals surface area (Å²) >= 11 is 0. The lowest BCUT2D eigenvalue weighted by Gasteiger charge is -2.11. The van der Waals surface area contributed by atoms with Crippen molar-refractivity contribution in [1.82, 2.24) is 5.16 Å². The third kappa shape index (κ3) is 3.21. The van der Waals surface area contributed by atoms with Crippen LogP contribution in [0, 0.1) is 0 Å². The number of nitrogens with one attached hydrogen (secondary N) is 1. The van der Waals surface area contributed by atoms with E-state index in [0.717, 1.165) is 5.56 Å². The Labute approximate surface area is 150 Å². The van der Waals surface area contributed by atoms with Gasteiger partial charge in [0, 0.05) is 5.56 Å². The number of rotatable bonds is 6. The summed E-state index contributed by atoms with van der Waals surface area (Å²) in [6, 6.07) is 9.33. The molecule has 0 bridgehead atoms. The molecule has 0 aliphatic rings. The molecule has 0 saturated heterocycles. The molecule has 1 aromatic heterocycles. The number of nitrogens with two attached hydrogens (primary N) is 1. The highest BCUT2D eigenvalue weighted by atomic mass is 32.2. The lowest BCUT2D eigenvalue weighted by atomic mass is 10.1. The molecule has 9 heteroatoms. The van der Waals surface area contributed by atoms with Crippen molar-refractivity contribution >= 4 is 32.7 Å². The molecular weight excluding hydrogens is 358 g/mol. The molecule has 136 valence electrons. The van der Waals surface area contributed by atoms with Crippen molar-refractivity contribution in [3.8, 4) is 5.75 Å². The van der Waals surface area contributed by atoms with E-state index in [9.17, 15) is 13.2 Å². The molecule has 3 N–H and O–H groups in total. The predicted molar refractivity (Wildman–Crippen MR) is 95.7 cm³/mol. The van der Waals surface area contributed by atoms with Gasteiger partial charge in [-0.05, 0) is 42.3 Å². The highest BCUT2D eigenvalue weighted by Crippen LogP contribution is 2.30. The first kappa shape index (κ1) is 17.7. The van der Waals surface area contributed by atoms with Gasteiger partial charge in [0.15, 0.2) is 11.4 Å². The topological polar surface area (TPSA) is 125 Å². The zero-order valence-electron chi connectivity index (χ0n) is 14.1. The lowest BCUT2D eigenvalue weighted by molar-refractivity contribution is 0.100. The van der Waals surface area contributed by atoms with Gasteiger partial charge >= 0.3 is 0 Å². The quantitative estimate of drug-likeness (QED) is 0.681. The molecule has 0 spiro atoms. The van der Waals surface area contributed by atoms with Crippen LogP contribution in [0.2, 0.25) is 0 Å². The van der Waals surface area contributed by atoms with E-state index in [4.69, 9.17) is 15.0 Å². The average molecular weight is 375 g/mol. The minimum absolute atomic E-state index is 0.0124. The van der Waals surface area contributed by atoms with E-state index in [1.807, 2.05) is 6.92 Å². The van der Waals surface area contributed by atoms with Gasteiger partial charge in [-0.25, -0.2) is 8.42 Å². The largest absolute Gasteiger partial charge is 0.495 e. The van der Waals surface area contributed by atoms with Crippen LogP contribution in [0.15, 0.2) is 45.8 Å². The van der Waals surface area contributed by atoms with E-state index < -0.39 is 15.9 Å². The highest BCUT2D eigenvalue weighted by Gasteiger charge is 2.23. The number of sulfonamides is 1. The van der Waals surface area contributed by atoms with Crippen LogP contribution in [0.25, 0.3) is 11.0 Å². The first-order valence-corrected chi connectivity index (χ1v) is 9.23. The molecule has 2 aromatic carbocycles. The first-order chi connectivity index (χ1) is 12.4. The first-order valence-electron chi connectivity index (χ1n) is 7.74. The van der Waals surface area contributed by atoms with Crippen molar-refractivity contribution in [3.63, 3.8) is 0 Å². The molecule has 0 atom stereocenters. The van der Waals surface area contributed by atoms with Crippen LogP contribution in [0.1, 0.15) is 22.8 Å². The van der Waals surface area contributed by atoms with Crippen LogP contribution >= 0.6 is 0 Å². The van der Waals surface area contributed by atoms with Crippen molar-refractivity contribution < 1.29 is 22.5 Å². The zero-order chi connectivity index (χ0) is 18.9. The molecule has 3 aromatic rings. The number of nitrogens with zero attached hydrogens (tertiary/aromatic N) is 1. The maximum Gasteiger partial charge on any atom is 0.266 e. The molecule has 0 radical (unpaired) electrons. The number of carbonyl (C=O) groups is 1. The molecule has 3 rings (SSSR count). The SMILES string of the molecule is CCc1ccc(OC)c(S(=O)(=O)Nc2noc3ccc(C(N)=O)cc23)c1. The van der Waals surface area contributed by atoms with Crippen LogP contribution in [-0.4, -0.2) is 26.6 Å². The number of anilines is 1. The van der Waals surface area contributed by atoms with Gasteiger partial charge in [-0.3, -0.25) is 9.52 Å². The Hall–Kier alpha value is -3.07. The molecule has 1 amide bonds. The summed E-state index contributed by atoms with van der Waals surface area (Å²) in [5, 5.41) is 4.08. The van der Waals surface area contributed by atoms with Crippen LogP contribution in [0.5, 0.6) is 5.75 Å². The third-order valence-electron chi connectivity index (χ3n) is 3.91. The van der Waals surface area contributed by atoms with Gasteiger partial charge in [0.25, 0.3) is 10.0 Å². The molecule has 0 fully saturated rings. The second-order valence-corrected chi connectivity index (χ2v) is 7.20. The number of hydrogen-bond acceptors (Lipinski definition) is 6. The van der Waals surface area contributed by atoms with Gasteiger partial charge in [-0.15, -0.1) is 0 Å². The molecule has 1 heterocycles. The normalized spacial score (nSPS) is 11.5. The van der Waals surface area contributed by atoms with Gasteiger partial charge in [0.2, 0.25) is 5.91 Å². The number of amides is 1. The second-order valence-electron chi connectivity index (χ2n) is 5.55. The minimum Gasteiger partial charge on any atom is -0.495 e.